The zero-order valence-corrected chi connectivity index (χ0v) is 7.37. The standard InChI is InChI=1S/C11H9NO/c1-7-3-2-4-9-10(7)5-8(6-12)11(9)13/h2-4,8H,5H2,1H3. The Hall–Kier alpha value is -1.62. The van der Waals surface area contributed by atoms with Crippen LogP contribution in [0.15, 0.2) is 18.2 Å². The summed E-state index contributed by atoms with van der Waals surface area (Å²) in [5.41, 5.74) is 2.91. The molecular formula is C11H9NO. The fourth-order valence-corrected chi connectivity index (χ4v) is 1.79. The van der Waals surface area contributed by atoms with E-state index in [-0.39, 0.29) is 5.78 Å². The van der Waals surface area contributed by atoms with Gasteiger partial charge in [0.15, 0.2) is 5.78 Å². The fraction of sp³-hybridized carbons (Fsp3) is 0.273. The Kier molecular flexibility index (Phi) is 1.66. The number of nitrogens with zero attached hydrogens (tertiary/aromatic N) is 1. The molecule has 2 rings (SSSR count). The molecule has 1 aliphatic carbocycles. The normalized spacial score (nSPS) is 19.7. The summed E-state index contributed by atoms with van der Waals surface area (Å²) in [4.78, 5) is 11.6. The number of aryl methyl sites for hydroxylation is 1. The predicted molar refractivity (Wildman–Crippen MR) is 48.3 cm³/mol. The summed E-state index contributed by atoms with van der Waals surface area (Å²) in [6.45, 7) is 1.98. The van der Waals surface area contributed by atoms with Gasteiger partial charge in [0.2, 0.25) is 0 Å². The summed E-state index contributed by atoms with van der Waals surface area (Å²) < 4.78 is 0. The van der Waals surface area contributed by atoms with Crippen LogP contribution in [0, 0.1) is 24.2 Å². The number of hydrogen-bond donors (Lipinski definition) is 0. The molecule has 0 amide bonds. The van der Waals surface area contributed by atoms with E-state index in [0.717, 1.165) is 16.7 Å². The number of benzene rings is 1. The molecule has 64 valence electrons. The Morgan fingerprint density at radius 2 is 2.31 bits per heavy atom. The van der Waals surface area contributed by atoms with Crippen molar-refractivity contribution in [1.29, 1.82) is 5.26 Å². The smallest absolute Gasteiger partial charge is 0.180 e. The molecular weight excluding hydrogens is 162 g/mol. The van der Waals surface area contributed by atoms with Crippen LogP contribution in [0.2, 0.25) is 0 Å². The van der Waals surface area contributed by atoms with Gasteiger partial charge in [0.1, 0.15) is 5.92 Å². The third kappa shape index (κ3) is 1.05. The molecule has 13 heavy (non-hydrogen) atoms. The summed E-state index contributed by atoms with van der Waals surface area (Å²) in [5.74, 6) is -0.461. The van der Waals surface area contributed by atoms with E-state index in [2.05, 4.69) is 0 Å². The van der Waals surface area contributed by atoms with Crippen LogP contribution in [-0.4, -0.2) is 5.78 Å². The second-order valence-corrected chi connectivity index (χ2v) is 3.35. The molecule has 0 fully saturated rings. The molecule has 0 bridgehead atoms. The van der Waals surface area contributed by atoms with Crippen molar-refractivity contribution < 1.29 is 4.79 Å². The van der Waals surface area contributed by atoms with Crippen LogP contribution >= 0.6 is 0 Å². The highest BCUT2D eigenvalue weighted by Gasteiger charge is 2.30. The third-order valence-corrected chi connectivity index (χ3v) is 2.56. The quantitative estimate of drug-likeness (QED) is 0.598. The highest BCUT2D eigenvalue weighted by atomic mass is 16.1. The van der Waals surface area contributed by atoms with Gasteiger partial charge in [-0.3, -0.25) is 4.79 Å². The summed E-state index contributed by atoms with van der Waals surface area (Å²) in [6.07, 6.45) is 0.595. The Labute approximate surface area is 76.8 Å². The number of Topliss-reactive ketones (excluding diaryl/α,β-unsaturated/α-hetero) is 1. The van der Waals surface area contributed by atoms with Crippen molar-refractivity contribution in [3.8, 4) is 6.07 Å². The second-order valence-electron chi connectivity index (χ2n) is 3.35. The van der Waals surface area contributed by atoms with Crippen molar-refractivity contribution in [3.63, 3.8) is 0 Å². The van der Waals surface area contributed by atoms with Crippen LogP contribution in [0.1, 0.15) is 21.5 Å². The average Bonchev–Trinajstić information content (AvgIpc) is 2.45. The van der Waals surface area contributed by atoms with Crippen molar-refractivity contribution in [3.05, 3.63) is 34.9 Å². The largest absolute Gasteiger partial charge is 0.293 e. The van der Waals surface area contributed by atoms with Crippen LogP contribution < -0.4 is 0 Å². The maximum Gasteiger partial charge on any atom is 0.180 e. The molecule has 0 heterocycles. The van der Waals surface area contributed by atoms with Gasteiger partial charge in [-0.25, -0.2) is 0 Å². The summed E-state index contributed by atoms with van der Waals surface area (Å²) in [6, 6.07) is 7.69. The van der Waals surface area contributed by atoms with Crippen molar-refractivity contribution in [2.45, 2.75) is 13.3 Å². The van der Waals surface area contributed by atoms with Crippen molar-refractivity contribution in [2.24, 2.45) is 5.92 Å². The molecule has 1 atom stereocenters. The molecule has 0 spiro atoms. The lowest BCUT2D eigenvalue weighted by molar-refractivity contribution is 0.0963. The van der Waals surface area contributed by atoms with Gasteiger partial charge in [0, 0.05) is 5.56 Å². The zero-order valence-electron chi connectivity index (χ0n) is 7.37. The molecule has 2 heteroatoms. The number of hydrogen-bond acceptors (Lipinski definition) is 2. The molecule has 0 aliphatic heterocycles. The van der Waals surface area contributed by atoms with E-state index in [9.17, 15) is 4.79 Å². The maximum atomic E-state index is 11.6. The average molecular weight is 171 g/mol. The first kappa shape index (κ1) is 8.00. The van der Waals surface area contributed by atoms with Crippen LogP contribution in [0.25, 0.3) is 0 Å². The van der Waals surface area contributed by atoms with Gasteiger partial charge in [0.05, 0.1) is 6.07 Å². The van der Waals surface area contributed by atoms with E-state index in [1.54, 1.807) is 0 Å². The van der Waals surface area contributed by atoms with Crippen LogP contribution in [0.4, 0.5) is 0 Å². The lowest BCUT2D eigenvalue weighted by Gasteiger charge is -1.99. The number of nitriles is 1. The molecule has 1 unspecified atom stereocenters. The molecule has 0 saturated carbocycles. The predicted octanol–water partition coefficient (Wildman–Crippen LogP) is 1.87. The second kappa shape index (κ2) is 2.70. The topological polar surface area (TPSA) is 40.9 Å². The number of carbonyl (C=O) groups is 1. The van der Waals surface area contributed by atoms with E-state index in [4.69, 9.17) is 5.26 Å². The molecule has 1 aromatic rings. The molecule has 1 aromatic carbocycles. The molecule has 1 aliphatic rings. The van der Waals surface area contributed by atoms with Gasteiger partial charge in [-0.2, -0.15) is 5.26 Å². The first-order chi connectivity index (χ1) is 6.24. The molecule has 0 saturated heterocycles. The molecule has 0 N–H and O–H groups in total. The number of fused-ring (bicyclic) bond motifs is 1. The molecule has 0 aromatic heterocycles. The van der Waals surface area contributed by atoms with Gasteiger partial charge in [-0.1, -0.05) is 18.2 Å². The first-order valence-electron chi connectivity index (χ1n) is 4.26. The van der Waals surface area contributed by atoms with Gasteiger partial charge < -0.3 is 0 Å². The highest BCUT2D eigenvalue weighted by molar-refractivity contribution is 6.03. The fourth-order valence-electron chi connectivity index (χ4n) is 1.79. The number of rotatable bonds is 0. The molecule has 0 radical (unpaired) electrons. The van der Waals surface area contributed by atoms with Crippen LogP contribution in [-0.2, 0) is 6.42 Å². The minimum atomic E-state index is -0.448. The Balaban J connectivity index is 2.57. The van der Waals surface area contributed by atoms with Gasteiger partial charge in [-0.05, 0) is 24.5 Å². The van der Waals surface area contributed by atoms with Crippen molar-refractivity contribution >= 4 is 5.78 Å². The van der Waals surface area contributed by atoms with E-state index in [1.165, 1.54) is 0 Å². The van der Waals surface area contributed by atoms with Crippen molar-refractivity contribution in [1.82, 2.24) is 0 Å². The van der Waals surface area contributed by atoms with E-state index in [1.807, 2.05) is 31.2 Å². The minimum absolute atomic E-state index is 0.0128. The summed E-state index contributed by atoms with van der Waals surface area (Å²) in [5, 5.41) is 8.73. The van der Waals surface area contributed by atoms with E-state index in [0.29, 0.717) is 6.42 Å². The maximum absolute atomic E-state index is 11.6. The summed E-state index contributed by atoms with van der Waals surface area (Å²) >= 11 is 0. The Morgan fingerprint density at radius 1 is 1.54 bits per heavy atom. The molecule has 2 nitrogen and oxygen atoms in total. The van der Waals surface area contributed by atoms with Crippen molar-refractivity contribution in [2.75, 3.05) is 0 Å². The van der Waals surface area contributed by atoms with Crippen LogP contribution in [0.3, 0.4) is 0 Å². The number of carbonyl (C=O) groups excluding carboxylic acids is 1. The zero-order chi connectivity index (χ0) is 9.42. The van der Waals surface area contributed by atoms with Crippen LogP contribution in [0.5, 0.6) is 0 Å². The summed E-state index contributed by atoms with van der Waals surface area (Å²) in [7, 11) is 0. The number of ketones is 1. The minimum Gasteiger partial charge on any atom is -0.293 e. The Morgan fingerprint density at radius 3 is 2.92 bits per heavy atom. The lowest BCUT2D eigenvalue weighted by atomic mass is 10.0. The van der Waals surface area contributed by atoms with Gasteiger partial charge in [-0.15, -0.1) is 0 Å². The Bertz CT molecular complexity index is 415. The van der Waals surface area contributed by atoms with Gasteiger partial charge in [0.25, 0.3) is 0 Å². The van der Waals surface area contributed by atoms with Gasteiger partial charge >= 0.3 is 0 Å². The van der Waals surface area contributed by atoms with E-state index < -0.39 is 5.92 Å². The SMILES string of the molecule is Cc1cccc2c1CC(C#N)C2=O. The highest BCUT2D eigenvalue weighted by Crippen LogP contribution is 2.28. The third-order valence-electron chi connectivity index (χ3n) is 2.56. The lowest BCUT2D eigenvalue weighted by Crippen LogP contribution is -2.05. The van der Waals surface area contributed by atoms with E-state index >= 15 is 0 Å². The first-order valence-corrected chi connectivity index (χ1v) is 4.26. The monoisotopic (exact) mass is 171 g/mol.